The van der Waals surface area contributed by atoms with Crippen LogP contribution in [0.2, 0.25) is 0 Å². The van der Waals surface area contributed by atoms with Crippen LogP contribution in [0.15, 0.2) is 0 Å². The molecular weight excluding hydrogens is 227 g/mol. The molecule has 0 heterocycles. The Bertz CT molecular complexity index is 8.00. The van der Waals surface area contributed by atoms with Crippen LogP contribution >= 0.6 is 0 Å². The van der Waals surface area contributed by atoms with Crippen molar-refractivity contribution < 1.29 is 22.6 Å². The molecule has 0 rings (SSSR count). The van der Waals surface area contributed by atoms with Gasteiger partial charge in [-0.3, -0.25) is 0 Å². The molecule has 0 saturated heterocycles. The van der Waals surface area contributed by atoms with E-state index in [1.165, 1.54) is 0 Å². The Balaban J connectivity index is -0.00000000500. The van der Waals surface area contributed by atoms with Crippen molar-refractivity contribution in [3.63, 3.8) is 0 Å². The zero-order valence-electron chi connectivity index (χ0n) is 2.19. The van der Waals surface area contributed by atoms with E-state index in [1.807, 2.05) is 0 Å². The third-order valence-electron chi connectivity index (χ3n) is 0. The van der Waals surface area contributed by atoms with Gasteiger partial charge in [0.2, 0.25) is 0 Å². The predicted octanol–water partition coefficient (Wildman–Crippen LogP) is -0.883. The van der Waals surface area contributed by atoms with Gasteiger partial charge in [0.1, 0.15) is 0 Å². The molecule has 4 heavy (non-hydrogen) atoms. The van der Waals surface area contributed by atoms with Crippen molar-refractivity contribution in [1.82, 2.24) is 0 Å². The van der Waals surface area contributed by atoms with Gasteiger partial charge >= 0.3 is 25.6 Å². The topological polar surface area (TPSA) is 17.1 Å². The van der Waals surface area contributed by atoms with Crippen LogP contribution in [0.3, 0.4) is 0 Å². The Morgan fingerprint density at radius 2 is 1.25 bits per heavy atom. The Kier molecular flexibility index (Phi) is 93.3. The van der Waals surface area contributed by atoms with E-state index < -0.39 is 0 Å². The molecule has 1 nitrogen and oxygen atoms in total. The van der Waals surface area contributed by atoms with Gasteiger partial charge in [-0.25, -0.2) is 0 Å². The first-order valence-electron chi connectivity index (χ1n) is 0.204. The van der Waals surface area contributed by atoms with Gasteiger partial charge in [0, 0.05) is 36.8 Å². The molecule has 0 aromatic rings. The second-order valence-corrected chi connectivity index (χ2v) is 0. The summed E-state index contributed by atoms with van der Waals surface area (Å²) >= 11 is 0.300. The maximum absolute atomic E-state index is 8.34. The number of rotatable bonds is 0. The van der Waals surface area contributed by atoms with Gasteiger partial charge in [-0.2, -0.15) is 0 Å². The molecule has 0 unspecified atom stereocenters. The predicted molar refractivity (Wildman–Crippen MR) is 12.2 cm³/mol. The smallest absolute Gasteiger partial charge is 0 e. The second kappa shape index (κ2) is 21.8. The van der Waals surface area contributed by atoms with Gasteiger partial charge in [-0.1, -0.05) is 0 Å². The first kappa shape index (κ1) is 17.1. The summed E-state index contributed by atoms with van der Waals surface area (Å²) in [5, 5.41) is 0. The molecular formula is AlOSnZn. The molecule has 0 spiro atoms. The van der Waals surface area contributed by atoms with Crippen molar-refractivity contribution in [1.29, 1.82) is 0 Å². The molecule has 0 aromatic carbocycles. The fourth-order valence-electron chi connectivity index (χ4n) is 0. The molecule has 0 bridgehead atoms. The fraction of sp³-hybridized carbons (Fsp3) is 0. The van der Waals surface area contributed by atoms with Gasteiger partial charge in [0.05, 0.1) is 0 Å². The zero-order chi connectivity index (χ0) is 2.00. The normalized spacial score (nSPS) is 1.00. The average molecular weight is 227 g/mol. The van der Waals surface area contributed by atoms with Gasteiger partial charge < -0.3 is 0 Å². The van der Waals surface area contributed by atoms with Crippen molar-refractivity contribution in [3.8, 4) is 0 Å². The summed E-state index contributed by atoms with van der Waals surface area (Å²) < 4.78 is 8.34. The van der Waals surface area contributed by atoms with E-state index in [1.54, 1.807) is 0 Å². The van der Waals surface area contributed by atoms with Crippen LogP contribution in [-0.2, 0) is 22.6 Å². The number of hydrogen-bond donors (Lipinski definition) is 0. The molecule has 0 amide bonds. The quantitative estimate of drug-likeness (QED) is 0.491. The van der Waals surface area contributed by atoms with E-state index in [9.17, 15) is 0 Å². The first-order chi connectivity index (χ1) is 1.00. The summed E-state index contributed by atoms with van der Waals surface area (Å²) in [7, 11) is 0. The van der Waals surface area contributed by atoms with E-state index in [4.69, 9.17) is 3.08 Å². The van der Waals surface area contributed by atoms with Crippen LogP contribution in [0.4, 0.5) is 0 Å². The maximum atomic E-state index is 8.34. The van der Waals surface area contributed by atoms with Crippen LogP contribution in [-0.4, -0.2) is 39.9 Å². The molecule has 4 heteroatoms. The molecule has 0 fully saturated rings. The third kappa shape index (κ3) is 9.25. The minimum Gasteiger partial charge on any atom is 0 e. The minimum absolute atomic E-state index is 0. The van der Waals surface area contributed by atoms with Crippen LogP contribution in [0.5, 0.6) is 0 Å². The Hall–Kier alpha value is 1.75. The standard InChI is InChI=1S/Al.O.Sn.Zn. The van der Waals surface area contributed by atoms with E-state index in [2.05, 4.69) is 0 Å². The van der Waals surface area contributed by atoms with Gasteiger partial charge in [0.15, 0.2) is 0 Å². The summed E-state index contributed by atoms with van der Waals surface area (Å²) in [6, 6.07) is 0. The molecule has 0 aliphatic rings. The molecule has 0 saturated carbocycles. The Labute approximate surface area is 61.9 Å². The van der Waals surface area contributed by atoms with Crippen molar-refractivity contribution in [2.75, 3.05) is 0 Å². The molecule has 0 aliphatic carbocycles. The van der Waals surface area contributed by atoms with E-state index >= 15 is 0 Å². The summed E-state index contributed by atoms with van der Waals surface area (Å²) in [5.41, 5.74) is 0. The van der Waals surface area contributed by atoms with E-state index in [0.717, 1.165) is 0 Å². The maximum Gasteiger partial charge on any atom is 0 e. The summed E-state index contributed by atoms with van der Waals surface area (Å²) in [6.07, 6.45) is 0. The second-order valence-electron chi connectivity index (χ2n) is 0. The van der Waals surface area contributed by atoms with Crippen molar-refractivity contribution in [2.24, 2.45) is 0 Å². The SMILES string of the molecule is [Al].[O]=[Sn].[Zn]. The van der Waals surface area contributed by atoms with Crippen molar-refractivity contribution >= 4 is 39.9 Å². The molecule has 5 radical (unpaired) electrons. The van der Waals surface area contributed by atoms with E-state index in [-0.39, 0.29) is 36.8 Å². The minimum atomic E-state index is 0. The van der Waals surface area contributed by atoms with Crippen LogP contribution in [0, 0.1) is 0 Å². The van der Waals surface area contributed by atoms with Gasteiger partial charge in [-0.05, 0) is 0 Å². The molecule has 0 N–H and O–H groups in total. The van der Waals surface area contributed by atoms with Gasteiger partial charge in [0.25, 0.3) is 0 Å². The molecule has 15 valence electrons. The molecule has 0 atom stereocenters. The molecule has 0 aliphatic heterocycles. The third-order valence-corrected chi connectivity index (χ3v) is 0. The van der Waals surface area contributed by atoms with Crippen molar-refractivity contribution in [2.45, 2.75) is 0 Å². The number of hydrogen-bond acceptors (Lipinski definition) is 1. The fourth-order valence-corrected chi connectivity index (χ4v) is 0. The summed E-state index contributed by atoms with van der Waals surface area (Å²) in [5.74, 6) is 0. The molecule has 0 aromatic heterocycles. The largest absolute Gasteiger partial charge is 0 e. The van der Waals surface area contributed by atoms with Gasteiger partial charge in [-0.15, -0.1) is 0 Å². The Morgan fingerprint density at radius 1 is 1.25 bits per heavy atom. The first-order valence-corrected chi connectivity index (χ1v) is 1.37. The average Bonchev–Trinajstić information content (AvgIpc) is 1.00. The van der Waals surface area contributed by atoms with E-state index in [0.29, 0.717) is 22.5 Å². The van der Waals surface area contributed by atoms with Crippen LogP contribution in [0.1, 0.15) is 0 Å². The monoisotopic (exact) mass is 227 g/mol. The van der Waals surface area contributed by atoms with Crippen molar-refractivity contribution in [3.05, 3.63) is 0 Å². The summed E-state index contributed by atoms with van der Waals surface area (Å²) in [6.45, 7) is 0. The zero-order valence-corrected chi connectivity index (χ0v) is 9.17. The van der Waals surface area contributed by atoms with Crippen LogP contribution in [0.25, 0.3) is 0 Å². The Morgan fingerprint density at radius 3 is 1.25 bits per heavy atom. The van der Waals surface area contributed by atoms with Crippen LogP contribution < -0.4 is 0 Å². The summed E-state index contributed by atoms with van der Waals surface area (Å²) in [4.78, 5) is 0.